The second kappa shape index (κ2) is 6.72. The van der Waals surface area contributed by atoms with Gasteiger partial charge in [-0.25, -0.2) is 0 Å². The highest BCUT2D eigenvalue weighted by atomic mass is 16.3. The number of likely N-dealkylation sites (tertiary alicyclic amines) is 1. The van der Waals surface area contributed by atoms with Crippen LogP contribution in [0.5, 0.6) is 0 Å². The molecular weight excluding hydrogens is 328 g/mol. The van der Waals surface area contributed by atoms with Gasteiger partial charge in [-0.3, -0.25) is 9.59 Å². The number of hydrogen-bond acceptors (Lipinski definition) is 3. The van der Waals surface area contributed by atoms with Gasteiger partial charge in [-0.2, -0.15) is 0 Å². The number of amides is 1. The normalized spacial score (nSPS) is 28.0. The van der Waals surface area contributed by atoms with Gasteiger partial charge in [0.2, 0.25) is 5.91 Å². The molecule has 2 aliphatic rings. The molecule has 5 heteroatoms. The van der Waals surface area contributed by atoms with Crippen molar-refractivity contribution in [3.05, 3.63) is 70.6 Å². The molecule has 0 bridgehead atoms. The molecule has 1 aliphatic carbocycles. The highest BCUT2D eigenvalue weighted by Gasteiger charge is 2.50. The zero-order valence-corrected chi connectivity index (χ0v) is 14.8. The number of benzene rings is 1. The molecule has 4 rings (SSSR count). The van der Waals surface area contributed by atoms with Gasteiger partial charge in [0.15, 0.2) is 0 Å². The van der Waals surface area contributed by atoms with E-state index >= 15 is 0 Å². The van der Waals surface area contributed by atoms with Crippen molar-refractivity contribution in [2.75, 3.05) is 13.1 Å². The Morgan fingerprint density at radius 1 is 1.12 bits per heavy atom. The molecule has 3 atom stereocenters. The van der Waals surface area contributed by atoms with Gasteiger partial charge >= 0.3 is 0 Å². The lowest BCUT2D eigenvalue weighted by molar-refractivity contribution is -0.131. The molecule has 1 aromatic carbocycles. The predicted octanol–water partition coefficient (Wildman–Crippen LogP) is 1.99. The third-order valence-electron chi connectivity index (χ3n) is 6.02. The van der Waals surface area contributed by atoms with Crippen LogP contribution in [0.4, 0.5) is 0 Å². The first-order valence-electron chi connectivity index (χ1n) is 9.29. The first-order valence-corrected chi connectivity index (χ1v) is 9.29. The summed E-state index contributed by atoms with van der Waals surface area (Å²) in [7, 11) is 0. The van der Waals surface area contributed by atoms with E-state index in [2.05, 4.69) is 0 Å². The lowest BCUT2D eigenvalue weighted by Crippen LogP contribution is -2.43. The first-order chi connectivity index (χ1) is 12.6. The highest BCUT2D eigenvalue weighted by Crippen LogP contribution is 2.48. The molecule has 5 nitrogen and oxygen atoms in total. The Kier molecular flexibility index (Phi) is 4.41. The van der Waals surface area contributed by atoms with Crippen molar-refractivity contribution in [2.24, 2.45) is 11.8 Å². The smallest absolute Gasteiger partial charge is 0.250 e. The minimum atomic E-state index is -0.872. The van der Waals surface area contributed by atoms with Crippen molar-refractivity contribution in [3.63, 3.8) is 0 Å². The molecule has 1 aliphatic heterocycles. The third kappa shape index (κ3) is 2.97. The fraction of sp³-hybridized carbons (Fsp3) is 0.429. The van der Waals surface area contributed by atoms with Gasteiger partial charge in [0.05, 0.1) is 5.60 Å². The van der Waals surface area contributed by atoms with Gasteiger partial charge in [-0.15, -0.1) is 0 Å². The monoisotopic (exact) mass is 352 g/mol. The van der Waals surface area contributed by atoms with Gasteiger partial charge < -0.3 is 14.6 Å². The number of hydrogen-bond donors (Lipinski definition) is 1. The lowest BCUT2D eigenvalue weighted by atomic mass is 9.67. The molecule has 2 fully saturated rings. The molecule has 26 heavy (non-hydrogen) atoms. The van der Waals surface area contributed by atoms with Crippen molar-refractivity contribution in [1.29, 1.82) is 0 Å². The number of nitrogens with zero attached hydrogens (tertiary/aromatic N) is 2. The van der Waals surface area contributed by atoms with Crippen LogP contribution in [0.3, 0.4) is 0 Å². The molecule has 1 saturated heterocycles. The summed E-state index contributed by atoms with van der Waals surface area (Å²) < 4.78 is 1.44. The minimum Gasteiger partial charge on any atom is -0.385 e. The molecule has 2 aromatic rings. The summed E-state index contributed by atoms with van der Waals surface area (Å²) in [4.78, 5) is 26.4. The van der Waals surface area contributed by atoms with Gasteiger partial charge in [-0.05, 0) is 36.8 Å². The lowest BCUT2D eigenvalue weighted by Gasteiger charge is -2.41. The number of aromatic nitrogens is 1. The summed E-state index contributed by atoms with van der Waals surface area (Å²) in [5.74, 6) is 0.309. The Bertz CT molecular complexity index is 848. The summed E-state index contributed by atoms with van der Waals surface area (Å²) in [6, 6.07) is 14.7. The van der Waals surface area contributed by atoms with Crippen LogP contribution in [-0.4, -0.2) is 33.6 Å². The van der Waals surface area contributed by atoms with Crippen LogP contribution in [0.15, 0.2) is 59.5 Å². The van der Waals surface area contributed by atoms with E-state index in [4.69, 9.17) is 0 Å². The molecule has 0 spiro atoms. The van der Waals surface area contributed by atoms with Crippen LogP contribution in [0.25, 0.3) is 0 Å². The van der Waals surface area contributed by atoms with Crippen LogP contribution in [-0.2, 0) is 16.9 Å². The third-order valence-corrected chi connectivity index (χ3v) is 6.02. The number of fused-ring (bicyclic) bond motifs is 1. The van der Waals surface area contributed by atoms with Crippen LogP contribution < -0.4 is 5.56 Å². The van der Waals surface area contributed by atoms with Crippen LogP contribution in [0, 0.1) is 11.8 Å². The minimum absolute atomic E-state index is 0.0510. The quantitative estimate of drug-likeness (QED) is 0.919. The maximum Gasteiger partial charge on any atom is 0.250 e. The van der Waals surface area contributed by atoms with E-state index in [-0.39, 0.29) is 23.9 Å². The van der Waals surface area contributed by atoms with Crippen LogP contribution in [0.1, 0.15) is 24.8 Å². The standard InChI is InChI=1S/C21H24N2O3/c24-19-10-4-5-12-22(19)15-20(25)23-13-16-7-6-11-21(26,18(16)14-23)17-8-2-1-3-9-17/h1-5,8-10,12,16,18,26H,6-7,11,13-15H2/t16-,18+,21+/m0/s1. The Labute approximate surface area is 152 Å². The maximum absolute atomic E-state index is 12.7. The van der Waals surface area contributed by atoms with Crippen molar-refractivity contribution in [2.45, 2.75) is 31.4 Å². The molecule has 2 heterocycles. The van der Waals surface area contributed by atoms with E-state index in [1.54, 1.807) is 18.3 Å². The average molecular weight is 352 g/mol. The van der Waals surface area contributed by atoms with E-state index in [1.807, 2.05) is 35.2 Å². The SMILES string of the molecule is O=C(Cn1ccccc1=O)N1C[C@@H]2CCC[C@@](O)(c3ccccc3)[C@@H]2C1. The number of carbonyl (C=O) groups excluding carboxylic acids is 1. The Morgan fingerprint density at radius 2 is 1.88 bits per heavy atom. The summed E-state index contributed by atoms with van der Waals surface area (Å²) in [5.41, 5.74) is -0.0930. The van der Waals surface area contributed by atoms with E-state index in [1.165, 1.54) is 10.6 Å². The number of rotatable bonds is 3. The second-order valence-corrected chi connectivity index (χ2v) is 7.51. The molecule has 0 unspecified atom stereocenters. The highest BCUT2D eigenvalue weighted by molar-refractivity contribution is 5.76. The van der Waals surface area contributed by atoms with Crippen molar-refractivity contribution in [1.82, 2.24) is 9.47 Å². The maximum atomic E-state index is 12.7. The molecule has 136 valence electrons. The summed E-state index contributed by atoms with van der Waals surface area (Å²) in [6.45, 7) is 1.28. The van der Waals surface area contributed by atoms with Gasteiger partial charge in [0.25, 0.3) is 5.56 Å². The first kappa shape index (κ1) is 17.0. The molecular formula is C21H24N2O3. The van der Waals surface area contributed by atoms with E-state index in [0.29, 0.717) is 19.0 Å². The van der Waals surface area contributed by atoms with Gasteiger partial charge in [-0.1, -0.05) is 36.4 Å². The molecule has 1 N–H and O–H groups in total. The summed E-state index contributed by atoms with van der Waals surface area (Å²) in [5, 5.41) is 11.5. The van der Waals surface area contributed by atoms with Gasteiger partial charge in [0.1, 0.15) is 6.54 Å². The molecule has 1 saturated carbocycles. The van der Waals surface area contributed by atoms with E-state index in [9.17, 15) is 14.7 Å². The number of carbonyl (C=O) groups is 1. The fourth-order valence-corrected chi connectivity index (χ4v) is 4.65. The Hall–Kier alpha value is -2.40. The second-order valence-electron chi connectivity index (χ2n) is 7.51. The number of pyridine rings is 1. The molecule has 1 amide bonds. The van der Waals surface area contributed by atoms with Gasteiger partial charge in [0, 0.05) is 31.3 Å². The van der Waals surface area contributed by atoms with E-state index < -0.39 is 5.60 Å². The molecule has 1 aromatic heterocycles. The zero-order chi connectivity index (χ0) is 18.1. The predicted molar refractivity (Wildman–Crippen MR) is 98.5 cm³/mol. The van der Waals surface area contributed by atoms with Crippen LogP contribution >= 0.6 is 0 Å². The zero-order valence-electron chi connectivity index (χ0n) is 14.8. The Morgan fingerprint density at radius 3 is 2.65 bits per heavy atom. The molecule has 0 radical (unpaired) electrons. The van der Waals surface area contributed by atoms with Crippen molar-refractivity contribution >= 4 is 5.91 Å². The van der Waals surface area contributed by atoms with Crippen LogP contribution in [0.2, 0.25) is 0 Å². The average Bonchev–Trinajstić information content (AvgIpc) is 3.11. The van der Waals surface area contributed by atoms with Crippen molar-refractivity contribution < 1.29 is 9.90 Å². The largest absolute Gasteiger partial charge is 0.385 e. The van der Waals surface area contributed by atoms with E-state index in [0.717, 1.165) is 24.8 Å². The van der Waals surface area contributed by atoms with Crippen molar-refractivity contribution in [3.8, 4) is 0 Å². The Balaban J connectivity index is 1.53. The fourth-order valence-electron chi connectivity index (χ4n) is 4.65. The summed E-state index contributed by atoms with van der Waals surface area (Å²) in [6.07, 6.45) is 4.38. The topological polar surface area (TPSA) is 62.5 Å². The number of aliphatic hydroxyl groups is 1. The summed E-state index contributed by atoms with van der Waals surface area (Å²) >= 11 is 0.